The van der Waals surface area contributed by atoms with Crippen molar-refractivity contribution in [3.8, 4) is 5.75 Å². The van der Waals surface area contributed by atoms with Crippen molar-refractivity contribution in [2.75, 3.05) is 13.2 Å². The molecule has 0 aliphatic carbocycles. The van der Waals surface area contributed by atoms with Gasteiger partial charge < -0.3 is 29.0 Å². The van der Waals surface area contributed by atoms with Crippen molar-refractivity contribution in [1.29, 1.82) is 0 Å². The van der Waals surface area contributed by atoms with Crippen molar-refractivity contribution in [2.24, 2.45) is 11.8 Å². The summed E-state index contributed by atoms with van der Waals surface area (Å²) in [7, 11) is 0. The summed E-state index contributed by atoms with van der Waals surface area (Å²) in [6, 6.07) is 0.124. The van der Waals surface area contributed by atoms with Crippen LogP contribution in [0.2, 0.25) is 0 Å². The van der Waals surface area contributed by atoms with Crippen LogP contribution in [0.25, 0.3) is 0 Å². The summed E-state index contributed by atoms with van der Waals surface area (Å²) >= 11 is 0. The number of amides is 1. The number of hydrogen-bond donors (Lipinski definition) is 1. The first-order chi connectivity index (χ1) is 17.5. The number of esters is 3. The van der Waals surface area contributed by atoms with Crippen LogP contribution in [0, 0.1) is 18.8 Å². The number of hydrogen-bond acceptors (Lipinski definition) is 11. The summed E-state index contributed by atoms with van der Waals surface area (Å²) in [5, 5.41) is 2.42. The third-order valence-electron chi connectivity index (χ3n) is 5.54. The van der Waals surface area contributed by atoms with Gasteiger partial charge in [-0.1, -0.05) is 27.7 Å². The SMILES string of the molecule is CCCOC(=O)Oc1c(C)ccnc1C(=O)NC1COC(=O)C(CC)C(OC(=O)C(C)C)C(C)OC1=O. The number of carbonyl (C=O) groups is 5. The van der Waals surface area contributed by atoms with Crippen molar-refractivity contribution >= 4 is 30.0 Å². The molecule has 204 valence electrons. The number of aromatic nitrogens is 1. The Balaban J connectivity index is 2.26. The Bertz CT molecular complexity index is 1010. The van der Waals surface area contributed by atoms with Crippen LogP contribution in [-0.4, -0.2) is 66.4 Å². The fourth-order valence-electron chi connectivity index (χ4n) is 3.44. The Kier molecular flexibility index (Phi) is 10.8. The molecule has 0 radical (unpaired) electrons. The number of aryl methyl sites for hydroxylation is 1. The van der Waals surface area contributed by atoms with Gasteiger partial charge in [0.15, 0.2) is 23.6 Å². The average molecular weight is 523 g/mol. The van der Waals surface area contributed by atoms with E-state index in [1.54, 1.807) is 27.7 Å². The highest BCUT2D eigenvalue weighted by molar-refractivity contribution is 5.98. The van der Waals surface area contributed by atoms with E-state index in [2.05, 4.69) is 10.3 Å². The summed E-state index contributed by atoms with van der Waals surface area (Å²) in [4.78, 5) is 66.9. The zero-order valence-corrected chi connectivity index (χ0v) is 21.9. The highest BCUT2D eigenvalue weighted by atomic mass is 16.7. The first-order valence-corrected chi connectivity index (χ1v) is 12.2. The molecule has 0 bridgehead atoms. The van der Waals surface area contributed by atoms with E-state index in [-0.39, 0.29) is 24.5 Å². The van der Waals surface area contributed by atoms with Crippen molar-refractivity contribution in [3.63, 3.8) is 0 Å². The van der Waals surface area contributed by atoms with Gasteiger partial charge in [-0.2, -0.15) is 0 Å². The minimum absolute atomic E-state index is 0.128. The van der Waals surface area contributed by atoms with Gasteiger partial charge in [0.2, 0.25) is 0 Å². The summed E-state index contributed by atoms with van der Waals surface area (Å²) in [6.45, 7) is 9.49. The number of carbonyl (C=O) groups excluding carboxylic acids is 5. The summed E-state index contributed by atoms with van der Waals surface area (Å²) in [5.41, 5.74) is 0.141. The predicted molar refractivity (Wildman–Crippen MR) is 128 cm³/mol. The lowest BCUT2D eigenvalue weighted by molar-refractivity contribution is -0.176. The van der Waals surface area contributed by atoms with Crippen LogP contribution >= 0.6 is 0 Å². The van der Waals surface area contributed by atoms with Gasteiger partial charge in [-0.25, -0.2) is 14.6 Å². The normalized spacial score (nSPS) is 22.0. The van der Waals surface area contributed by atoms with Gasteiger partial charge in [0.05, 0.1) is 18.4 Å². The van der Waals surface area contributed by atoms with Gasteiger partial charge in [0.1, 0.15) is 12.7 Å². The quantitative estimate of drug-likeness (QED) is 0.395. The van der Waals surface area contributed by atoms with Gasteiger partial charge in [-0.15, -0.1) is 0 Å². The van der Waals surface area contributed by atoms with Crippen LogP contribution in [0.15, 0.2) is 12.3 Å². The van der Waals surface area contributed by atoms with Crippen LogP contribution in [0.4, 0.5) is 4.79 Å². The van der Waals surface area contributed by atoms with E-state index in [1.807, 2.05) is 6.92 Å². The van der Waals surface area contributed by atoms with Gasteiger partial charge in [-0.3, -0.25) is 14.4 Å². The largest absolute Gasteiger partial charge is 0.513 e. The molecule has 1 aromatic rings. The Morgan fingerprint density at radius 2 is 1.89 bits per heavy atom. The first kappa shape index (κ1) is 29.5. The molecular formula is C25H34N2O10. The Morgan fingerprint density at radius 3 is 2.51 bits per heavy atom. The van der Waals surface area contributed by atoms with Gasteiger partial charge in [-0.05, 0) is 38.3 Å². The van der Waals surface area contributed by atoms with E-state index < -0.39 is 66.7 Å². The Hall–Kier alpha value is -3.70. The number of nitrogens with zero attached hydrogens (tertiary/aromatic N) is 1. The van der Waals surface area contributed by atoms with Gasteiger partial charge in [0.25, 0.3) is 5.91 Å². The molecule has 2 rings (SSSR count). The van der Waals surface area contributed by atoms with Crippen molar-refractivity contribution in [2.45, 2.75) is 72.6 Å². The number of ether oxygens (including phenoxy) is 5. The molecule has 1 aromatic heterocycles. The van der Waals surface area contributed by atoms with Crippen LogP contribution in [0.3, 0.4) is 0 Å². The topological polar surface area (TPSA) is 156 Å². The lowest BCUT2D eigenvalue weighted by Gasteiger charge is -2.29. The predicted octanol–water partition coefficient (Wildman–Crippen LogP) is 2.50. The van der Waals surface area contributed by atoms with Gasteiger partial charge in [0, 0.05) is 6.20 Å². The molecule has 2 heterocycles. The second-order valence-electron chi connectivity index (χ2n) is 8.88. The standard InChI is InChI=1S/C25H34N2O10/c1-7-11-33-25(32)37-19-14(5)9-10-26-18(19)21(28)27-17-12-34-23(30)16(8-2)20(15(6)35-24(17)31)36-22(29)13(3)4/h9-10,13,15-17,20H,7-8,11-12H2,1-6H3,(H,27,28). The highest BCUT2D eigenvalue weighted by Crippen LogP contribution is 2.25. The third kappa shape index (κ3) is 7.89. The van der Waals surface area contributed by atoms with E-state index in [0.29, 0.717) is 12.0 Å². The molecule has 12 nitrogen and oxygen atoms in total. The average Bonchev–Trinajstić information content (AvgIpc) is 2.88. The molecule has 4 atom stereocenters. The second kappa shape index (κ2) is 13.6. The van der Waals surface area contributed by atoms with Crippen LogP contribution in [0.5, 0.6) is 5.75 Å². The molecule has 0 saturated carbocycles. The van der Waals surface area contributed by atoms with E-state index >= 15 is 0 Å². The molecule has 1 saturated heterocycles. The van der Waals surface area contributed by atoms with Crippen LogP contribution < -0.4 is 10.1 Å². The highest BCUT2D eigenvalue weighted by Gasteiger charge is 2.41. The maximum Gasteiger partial charge on any atom is 0.513 e. The fourth-order valence-corrected chi connectivity index (χ4v) is 3.44. The molecule has 1 N–H and O–H groups in total. The Morgan fingerprint density at radius 1 is 1.19 bits per heavy atom. The molecule has 1 amide bonds. The van der Waals surface area contributed by atoms with Crippen LogP contribution in [-0.2, 0) is 33.3 Å². The molecular weight excluding hydrogens is 488 g/mol. The monoisotopic (exact) mass is 522 g/mol. The van der Waals surface area contributed by atoms with Gasteiger partial charge >= 0.3 is 24.1 Å². The third-order valence-corrected chi connectivity index (χ3v) is 5.54. The summed E-state index contributed by atoms with van der Waals surface area (Å²) in [6.07, 6.45) is -0.920. The zero-order valence-electron chi connectivity index (χ0n) is 21.9. The molecule has 0 aromatic carbocycles. The van der Waals surface area contributed by atoms with E-state index in [0.717, 1.165) is 0 Å². The Labute approximate surface area is 215 Å². The molecule has 12 heteroatoms. The number of nitrogens with one attached hydrogen (secondary N) is 1. The van der Waals surface area contributed by atoms with Crippen molar-refractivity contribution in [1.82, 2.24) is 10.3 Å². The maximum absolute atomic E-state index is 13.1. The molecule has 1 aliphatic heterocycles. The molecule has 1 aliphatic rings. The van der Waals surface area contributed by atoms with E-state index in [4.69, 9.17) is 23.7 Å². The fraction of sp³-hybridized carbons (Fsp3) is 0.600. The minimum Gasteiger partial charge on any atom is -0.463 e. The van der Waals surface area contributed by atoms with E-state index in [9.17, 15) is 24.0 Å². The number of rotatable bonds is 8. The zero-order chi connectivity index (χ0) is 27.7. The lowest BCUT2D eigenvalue weighted by Crippen LogP contribution is -2.47. The lowest BCUT2D eigenvalue weighted by atomic mass is 9.95. The van der Waals surface area contributed by atoms with Crippen LogP contribution in [0.1, 0.15) is 63.5 Å². The number of pyridine rings is 1. The second-order valence-corrected chi connectivity index (χ2v) is 8.88. The molecule has 37 heavy (non-hydrogen) atoms. The minimum atomic E-state index is -1.40. The molecule has 0 spiro atoms. The number of cyclic esters (lactones) is 2. The van der Waals surface area contributed by atoms with E-state index in [1.165, 1.54) is 19.2 Å². The van der Waals surface area contributed by atoms with Crippen molar-refractivity contribution in [3.05, 3.63) is 23.5 Å². The van der Waals surface area contributed by atoms with Crippen molar-refractivity contribution < 1.29 is 47.7 Å². The summed E-state index contributed by atoms with van der Waals surface area (Å²) in [5.74, 6) is -4.53. The molecule has 4 unspecified atom stereocenters. The smallest absolute Gasteiger partial charge is 0.463 e. The maximum atomic E-state index is 13.1. The molecule has 1 fully saturated rings. The summed E-state index contributed by atoms with van der Waals surface area (Å²) < 4.78 is 26.3. The first-order valence-electron chi connectivity index (χ1n) is 12.2.